The number of hydrogen-bond acceptors (Lipinski definition) is 4. The zero-order valence-electron chi connectivity index (χ0n) is 27.2. The molecule has 0 N–H and O–H groups in total. The molecule has 1 saturated heterocycles. The first-order valence-electron chi connectivity index (χ1n) is 16.4. The number of hydrogen-bond donors (Lipinski definition) is 0. The molecule has 1 amide bonds. The van der Waals surface area contributed by atoms with Crippen LogP contribution in [0.2, 0.25) is 0 Å². The second-order valence-electron chi connectivity index (χ2n) is 13.2. The molecule has 1 aliphatic heterocycles. The maximum absolute atomic E-state index is 13.9. The highest BCUT2D eigenvalue weighted by molar-refractivity contribution is 6.00. The zero-order chi connectivity index (χ0) is 30.5. The Balaban J connectivity index is 1.54. The van der Waals surface area contributed by atoms with Gasteiger partial charge in [-0.25, -0.2) is 4.98 Å². The average Bonchev–Trinajstić information content (AvgIpc) is 3.53. The van der Waals surface area contributed by atoms with Gasteiger partial charge in [0.1, 0.15) is 11.6 Å². The van der Waals surface area contributed by atoms with E-state index in [1.165, 1.54) is 32.4 Å². The number of benzene rings is 2. The van der Waals surface area contributed by atoms with Gasteiger partial charge in [-0.05, 0) is 100.0 Å². The molecule has 2 aromatic heterocycles. The number of imidazole rings is 1. The molecule has 0 atom stereocenters. The molecular weight excluding hydrogens is 534 g/mol. The number of nitrogens with zero attached hydrogens (tertiary/aromatic N) is 5. The highest BCUT2D eigenvalue weighted by Gasteiger charge is 2.22. The number of carbonyl (C=O) groups is 1. The number of amides is 1. The zero-order valence-corrected chi connectivity index (χ0v) is 27.2. The van der Waals surface area contributed by atoms with E-state index >= 15 is 0 Å². The van der Waals surface area contributed by atoms with Crippen molar-refractivity contribution < 1.29 is 9.53 Å². The molecule has 1 aliphatic rings. The molecule has 7 nitrogen and oxygen atoms in total. The molecule has 0 radical (unpaired) electrons. The highest BCUT2D eigenvalue weighted by atomic mass is 16.5. The summed E-state index contributed by atoms with van der Waals surface area (Å²) in [6.45, 7) is 14.8. The first-order chi connectivity index (χ1) is 20.7. The molecule has 0 bridgehead atoms. The minimum atomic E-state index is 0.126. The predicted octanol–water partition coefficient (Wildman–Crippen LogP) is 7.61. The van der Waals surface area contributed by atoms with Crippen molar-refractivity contribution in [1.29, 1.82) is 0 Å². The summed E-state index contributed by atoms with van der Waals surface area (Å²) in [5, 5.41) is 1.12. The van der Waals surface area contributed by atoms with Gasteiger partial charge < -0.3 is 23.7 Å². The van der Waals surface area contributed by atoms with Crippen LogP contribution in [-0.4, -0.2) is 69.7 Å². The fourth-order valence-corrected chi connectivity index (χ4v) is 6.33. The van der Waals surface area contributed by atoms with Crippen LogP contribution < -0.4 is 4.74 Å². The van der Waals surface area contributed by atoms with Crippen LogP contribution in [0.3, 0.4) is 0 Å². The monoisotopic (exact) mass is 585 g/mol. The van der Waals surface area contributed by atoms with E-state index in [0.717, 1.165) is 90.1 Å². The summed E-state index contributed by atoms with van der Waals surface area (Å²) in [6, 6.07) is 12.3. The number of piperidine rings is 1. The van der Waals surface area contributed by atoms with E-state index in [4.69, 9.17) is 9.72 Å². The summed E-state index contributed by atoms with van der Waals surface area (Å²) in [7, 11) is 3.80. The van der Waals surface area contributed by atoms with Gasteiger partial charge >= 0.3 is 0 Å². The van der Waals surface area contributed by atoms with Gasteiger partial charge in [0.15, 0.2) is 0 Å². The van der Waals surface area contributed by atoms with E-state index < -0.39 is 0 Å². The molecule has 43 heavy (non-hydrogen) atoms. The normalized spacial score (nSPS) is 14.4. The molecule has 7 heteroatoms. The van der Waals surface area contributed by atoms with Crippen LogP contribution in [0, 0.1) is 11.8 Å². The average molecular weight is 586 g/mol. The van der Waals surface area contributed by atoms with Crippen LogP contribution in [0.1, 0.15) is 76.6 Å². The Hall–Kier alpha value is -3.32. The van der Waals surface area contributed by atoms with E-state index in [0.29, 0.717) is 11.8 Å². The Bertz CT molecular complexity index is 1510. The lowest BCUT2D eigenvalue weighted by molar-refractivity contribution is 0.0741. The van der Waals surface area contributed by atoms with Gasteiger partial charge in [-0.1, -0.05) is 34.1 Å². The first kappa shape index (κ1) is 31.1. The molecule has 0 aliphatic carbocycles. The maximum Gasteiger partial charge on any atom is 0.253 e. The molecule has 4 aromatic rings. The van der Waals surface area contributed by atoms with Crippen molar-refractivity contribution in [2.45, 2.75) is 72.8 Å². The quantitative estimate of drug-likeness (QED) is 0.162. The summed E-state index contributed by atoms with van der Waals surface area (Å²) in [5.74, 6) is 3.03. The van der Waals surface area contributed by atoms with Gasteiger partial charge in [0.25, 0.3) is 5.91 Å². The van der Waals surface area contributed by atoms with Crippen molar-refractivity contribution in [1.82, 2.24) is 23.9 Å². The summed E-state index contributed by atoms with van der Waals surface area (Å²) in [4.78, 5) is 23.8. The van der Waals surface area contributed by atoms with Crippen LogP contribution in [0.5, 0.6) is 5.75 Å². The van der Waals surface area contributed by atoms with E-state index in [9.17, 15) is 4.79 Å². The van der Waals surface area contributed by atoms with E-state index in [-0.39, 0.29) is 5.91 Å². The molecule has 3 heterocycles. The fraction of sp³-hybridized carbons (Fsp3) is 0.556. The third-order valence-corrected chi connectivity index (χ3v) is 8.98. The Labute approximate surface area is 257 Å². The van der Waals surface area contributed by atoms with Crippen LogP contribution in [-0.2, 0) is 13.6 Å². The molecule has 0 spiro atoms. The van der Waals surface area contributed by atoms with Crippen molar-refractivity contribution in [3.8, 4) is 17.1 Å². The van der Waals surface area contributed by atoms with Gasteiger partial charge in [0.2, 0.25) is 0 Å². The summed E-state index contributed by atoms with van der Waals surface area (Å²) in [5.41, 5.74) is 4.95. The largest absolute Gasteiger partial charge is 0.497 e. The number of aryl methyl sites for hydroxylation is 2. The molecule has 232 valence electrons. The SMILES string of the molecule is COc1ccc2c(c1)c(-c1nc3ccc(C(=O)N(CCC(C)C)CCC(C)C)cc3n1CCCN1CCCCC1)cn2C. The molecule has 0 saturated carbocycles. The fourth-order valence-electron chi connectivity index (χ4n) is 6.33. The maximum atomic E-state index is 13.9. The lowest BCUT2D eigenvalue weighted by Gasteiger charge is -2.26. The van der Waals surface area contributed by atoms with Crippen molar-refractivity contribution in [3.05, 3.63) is 48.2 Å². The van der Waals surface area contributed by atoms with Crippen molar-refractivity contribution in [2.75, 3.05) is 39.8 Å². The Morgan fingerprint density at radius 1 is 0.930 bits per heavy atom. The molecule has 1 fully saturated rings. The van der Waals surface area contributed by atoms with Crippen LogP contribution >= 0.6 is 0 Å². The number of aromatic nitrogens is 3. The second-order valence-corrected chi connectivity index (χ2v) is 13.2. The lowest BCUT2D eigenvalue weighted by Crippen LogP contribution is -2.34. The van der Waals surface area contributed by atoms with Gasteiger partial charge in [0, 0.05) is 54.9 Å². The molecular formula is C36H51N5O2. The topological polar surface area (TPSA) is 55.5 Å². The van der Waals surface area contributed by atoms with Gasteiger partial charge in [0.05, 0.1) is 18.1 Å². The van der Waals surface area contributed by atoms with E-state index in [1.54, 1.807) is 7.11 Å². The summed E-state index contributed by atoms with van der Waals surface area (Å²) < 4.78 is 10.1. The van der Waals surface area contributed by atoms with E-state index in [1.807, 2.05) is 18.2 Å². The number of methoxy groups -OCH3 is 1. The summed E-state index contributed by atoms with van der Waals surface area (Å²) >= 11 is 0. The smallest absolute Gasteiger partial charge is 0.253 e. The molecule has 0 unspecified atom stereocenters. The van der Waals surface area contributed by atoms with Crippen molar-refractivity contribution in [2.24, 2.45) is 18.9 Å². The van der Waals surface area contributed by atoms with Gasteiger partial charge in [-0.2, -0.15) is 0 Å². The minimum Gasteiger partial charge on any atom is -0.497 e. The van der Waals surface area contributed by atoms with Crippen molar-refractivity contribution in [3.63, 3.8) is 0 Å². The Kier molecular flexibility index (Phi) is 10.1. The predicted molar refractivity (Wildman–Crippen MR) is 178 cm³/mol. The van der Waals surface area contributed by atoms with Crippen LogP contribution in [0.15, 0.2) is 42.6 Å². The minimum absolute atomic E-state index is 0.126. The highest BCUT2D eigenvalue weighted by Crippen LogP contribution is 2.35. The molecule has 2 aromatic carbocycles. The van der Waals surface area contributed by atoms with Gasteiger partial charge in [-0.3, -0.25) is 4.79 Å². The number of carbonyl (C=O) groups excluding carboxylic acids is 1. The van der Waals surface area contributed by atoms with E-state index in [2.05, 4.69) is 78.1 Å². The number of fused-ring (bicyclic) bond motifs is 2. The third-order valence-electron chi connectivity index (χ3n) is 8.98. The molecule has 5 rings (SSSR count). The first-order valence-corrected chi connectivity index (χ1v) is 16.4. The van der Waals surface area contributed by atoms with Crippen LogP contribution in [0.4, 0.5) is 0 Å². The van der Waals surface area contributed by atoms with Crippen LogP contribution in [0.25, 0.3) is 33.3 Å². The van der Waals surface area contributed by atoms with Gasteiger partial charge in [-0.15, -0.1) is 0 Å². The third kappa shape index (κ3) is 7.26. The Morgan fingerprint density at radius 3 is 2.33 bits per heavy atom. The second kappa shape index (κ2) is 14.0. The Morgan fingerprint density at radius 2 is 1.65 bits per heavy atom. The standard InChI is InChI=1S/C36H51N5O2/c1-26(2)15-21-40(22-16-27(3)4)36(42)28-11-13-32-34(23-28)41(20-10-19-39-17-8-7-9-18-39)35(37-32)31-25-38(5)33-14-12-29(43-6)24-30(31)33/h11-14,23-27H,7-10,15-22H2,1-6H3. The number of likely N-dealkylation sites (tertiary alicyclic amines) is 1. The summed E-state index contributed by atoms with van der Waals surface area (Å²) in [6.07, 6.45) is 9.18. The number of ether oxygens (including phenoxy) is 1. The number of rotatable bonds is 13. The van der Waals surface area contributed by atoms with Crippen molar-refractivity contribution >= 4 is 27.8 Å². The lowest BCUT2D eigenvalue weighted by atomic mass is 10.1.